The van der Waals surface area contributed by atoms with Crippen LogP contribution in [0, 0.1) is 0 Å². The molecule has 1 aliphatic heterocycles. The Morgan fingerprint density at radius 2 is 1.96 bits per heavy atom. The lowest BCUT2D eigenvalue weighted by Crippen LogP contribution is -2.34. The molecule has 1 N–H and O–H groups in total. The van der Waals surface area contributed by atoms with Gasteiger partial charge >= 0.3 is 0 Å². The van der Waals surface area contributed by atoms with Gasteiger partial charge in [-0.3, -0.25) is 0 Å². The Bertz CT molecular complexity index is 700. The number of nitrogens with one attached hydrogen (secondary N) is 1. The van der Waals surface area contributed by atoms with Crippen molar-refractivity contribution >= 4 is 23.4 Å². The standard InChI is InChI=1S/C21H26ClNS/c1-4-14(3)17-8-6-7-9-18(17)21-19-12-15(22)10-11-20(19)24-13-16(5-2)23-21/h6-12,14,16,21,23H,4-5,13H2,1-3H3/t14?,16-,21-/m1/s1. The third kappa shape index (κ3) is 3.66. The lowest BCUT2D eigenvalue weighted by molar-refractivity contribution is 0.490. The molecule has 0 radical (unpaired) electrons. The highest BCUT2D eigenvalue weighted by atomic mass is 35.5. The van der Waals surface area contributed by atoms with Gasteiger partial charge in [0.15, 0.2) is 0 Å². The average molecular weight is 360 g/mol. The van der Waals surface area contributed by atoms with Gasteiger partial charge in [-0.05, 0) is 53.6 Å². The molecule has 0 fully saturated rings. The molecule has 2 aromatic rings. The van der Waals surface area contributed by atoms with Gasteiger partial charge in [0.05, 0.1) is 6.04 Å². The van der Waals surface area contributed by atoms with E-state index in [1.54, 1.807) is 0 Å². The van der Waals surface area contributed by atoms with Crippen LogP contribution in [0.4, 0.5) is 0 Å². The first kappa shape index (κ1) is 17.8. The second-order valence-corrected chi connectivity index (χ2v) is 8.13. The van der Waals surface area contributed by atoms with Crippen molar-refractivity contribution < 1.29 is 0 Å². The summed E-state index contributed by atoms with van der Waals surface area (Å²) < 4.78 is 0. The first-order chi connectivity index (χ1) is 11.6. The molecular weight excluding hydrogens is 334 g/mol. The second-order valence-electron chi connectivity index (χ2n) is 6.64. The van der Waals surface area contributed by atoms with Crippen LogP contribution >= 0.6 is 23.4 Å². The molecule has 1 unspecified atom stereocenters. The van der Waals surface area contributed by atoms with Crippen molar-refractivity contribution in [2.24, 2.45) is 0 Å². The van der Waals surface area contributed by atoms with Crippen molar-refractivity contribution in [3.8, 4) is 0 Å². The van der Waals surface area contributed by atoms with E-state index in [2.05, 4.69) is 62.5 Å². The second kappa shape index (κ2) is 7.95. The zero-order valence-corrected chi connectivity index (χ0v) is 16.3. The van der Waals surface area contributed by atoms with Crippen LogP contribution in [0.3, 0.4) is 0 Å². The summed E-state index contributed by atoms with van der Waals surface area (Å²) in [7, 11) is 0. The van der Waals surface area contributed by atoms with Gasteiger partial charge in [-0.2, -0.15) is 0 Å². The first-order valence-electron chi connectivity index (χ1n) is 8.91. The molecule has 3 atom stereocenters. The maximum absolute atomic E-state index is 6.35. The topological polar surface area (TPSA) is 12.0 Å². The molecule has 128 valence electrons. The number of halogens is 1. The molecule has 0 saturated carbocycles. The minimum atomic E-state index is 0.212. The Kier molecular flexibility index (Phi) is 5.91. The van der Waals surface area contributed by atoms with Crippen LogP contribution < -0.4 is 5.32 Å². The monoisotopic (exact) mass is 359 g/mol. The zero-order chi connectivity index (χ0) is 17.1. The van der Waals surface area contributed by atoms with Crippen molar-refractivity contribution in [1.29, 1.82) is 0 Å². The quantitative estimate of drug-likeness (QED) is 0.676. The smallest absolute Gasteiger partial charge is 0.0593 e. The summed E-state index contributed by atoms with van der Waals surface area (Å²) in [6.07, 6.45) is 2.29. The summed E-state index contributed by atoms with van der Waals surface area (Å²) >= 11 is 8.29. The minimum Gasteiger partial charge on any atom is -0.303 e. The van der Waals surface area contributed by atoms with Gasteiger partial charge in [0.1, 0.15) is 0 Å². The summed E-state index contributed by atoms with van der Waals surface area (Å²) in [5, 5.41) is 4.72. The van der Waals surface area contributed by atoms with Gasteiger partial charge in [-0.1, -0.05) is 56.6 Å². The number of hydrogen-bond acceptors (Lipinski definition) is 2. The molecule has 3 rings (SSSR count). The zero-order valence-electron chi connectivity index (χ0n) is 14.7. The van der Waals surface area contributed by atoms with Crippen molar-refractivity contribution in [2.75, 3.05) is 5.75 Å². The lowest BCUT2D eigenvalue weighted by atomic mass is 9.87. The normalized spacial score (nSPS) is 21.8. The Morgan fingerprint density at radius 3 is 2.71 bits per heavy atom. The van der Waals surface area contributed by atoms with Gasteiger partial charge in [0.25, 0.3) is 0 Å². The highest BCUT2D eigenvalue weighted by Crippen LogP contribution is 2.39. The summed E-state index contributed by atoms with van der Waals surface area (Å²) in [6, 6.07) is 15.9. The van der Waals surface area contributed by atoms with Gasteiger partial charge in [0, 0.05) is 21.7 Å². The number of rotatable bonds is 4. The number of fused-ring (bicyclic) bond motifs is 1. The average Bonchev–Trinajstić information content (AvgIpc) is 2.80. The van der Waals surface area contributed by atoms with Crippen LogP contribution in [0.2, 0.25) is 5.02 Å². The van der Waals surface area contributed by atoms with Crippen LogP contribution in [-0.2, 0) is 0 Å². The molecule has 0 amide bonds. The molecular formula is C21H26ClNS. The molecule has 2 aromatic carbocycles. The van der Waals surface area contributed by atoms with E-state index in [-0.39, 0.29) is 6.04 Å². The van der Waals surface area contributed by atoms with Crippen LogP contribution in [0.1, 0.15) is 62.3 Å². The van der Waals surface area contributed by atoms with Crippen LogP contribution in [0.5, 0.6) is 0 Å². The van der Waals surface area contributed by atoms with Gasteiger partial charge in [-0.15, -0.1) is 11.8 Å². The third-order valence-corrected chi connectivity index (χ3v) is 6.56. The number of hydrogen-bond donors (Lipinski definition) is 1. The molecule has 1 nitrogen and oxygen atoms in total. The Labute approximate surface area is 155 Å². The fraction of sp³-hybridized carbons (Fsp3) is 0.429. The molecule has 0 saturated heterocycles. The molecule has 1 aliphatic rings. The summed E-state index contributed by atoms with van der Waals surface area (Å²) in [5.74, 6) is 1.66. The summed E-state index contributed by atoms with van der Waals surface area (Å²) in [4.78, 5) is 1.35. The first-order valence-corrected chi connectivity index (χ1v) is 10.3. The molecule has 0 bridgehead atoms. The molecule has 1 heterocycles. The number of thioether (sulfide) groups is 1. The van der Waals surface area contributed by atoms with E-state index in [9.17, 15) is 0 Å². The van der Waals surface area contributed by atoms with E-state index in [0.717, 1.165) is 23.6 Å². The third-order valence-electron chi connectivity index (χ3n) is 5.07. The van der Waals surface area contributed by atoms with E-state index < -0.39 is 0 Å². The Balaban J connectivity index is 2.13. The SMILES string of the molecule is CCC(C)c1ccccc1[C@H]1N[C@H](CC)CSc2ccc(Cl)cc21. The van der Waals surface area contributed by atoms with E-state index in [1.807, 2.05) is 17.8 Å². The van der Waals surface area contributed by atoms with E-state index in [0.29, 0.717) is 12.0 Å². The molecule has 0 aromatic heterocycles. The van der Waals surface area contributed by atoms with Crippen molar-refractivity contribution in [2.45, 2.75) is 56.5 Å². The Morgan fingerprint density at radius 1 is 1.17 bits per heavy atom. The molecule has 0 spiro atoms. The summed E-state index contributed by atoms with van der Waals surface area (Å²) in [6.45, 7) is 6.84. The number of benzene rings is 2. The molecule has 0 aliphatic carbocycles. The largest absolute Gasteiger partial charge is 0.303 e. The van der Waals surface area contributed by atoms with Crippen molar-refractivity contribution in [3.63, 3.8) is 0 Å². The highest BCUT2D eigenvalue weighted by molar-refractivity contribution is 7.99. The van der Waals surface area contributed by atoms with Crippen molar-refractivity contribution in [1.82, 2.24) is 5.32 Å². The van der Waals surface area contributed by atoms with E-state index in [4.69, 9.17) is 11.6 Å². The van der Waals surface area contributed by atoms with Gasteiger partial charge < -0.3 is 5.32 Å². The van der Waals surface area contributed by atoms with E-state index >= 15 is 0 Å². The van der Waals surface area contributed by atoms with Crippen LogP contribution in [0.15, 0.2) is 47.4 Å². The van der Waals surface area contributed by atoms with Crippen molar-refractivity contribution in [3.05, 3.63) is 64.2 Å². The van der Waals surface area contributed by atoms with Gasteiger partial charge in [0.2, 0.25) is 0 Å². The molecule has 3 heteroatoms. The fourth-order valence-corrected chi connectivity index (χ4v) is 4.78. The predicted molar refractivity (Wildman–Crippen MR) is 106 cm³/mol. The lowest BCUT2D eigenvalue weighted by Gasteiger charge is -2.27. The predicted octanol–water partition coefficient (Wildman–Crippen LogP) is 6.42. The van der Waals surface area contributed by atoms with E-state index in [1.165, 1.54) is 21.6 Å². The highest BCUT2D eigenvalue weighted by Gasteiger charge is 2.27. The Hall–Kier alpha value is -0.960. The summed E-state index contributed by atoms with van der Waals surface area (Å²) in [5.41, 5.74) is 4.17. The van der Waals surface area contributed by atoms with Crippen LogP contribution in [-0.4, -0.2) is 11.8 Å². The van der Waals surface area contributed by atoms with Crippen LogP contribution in [0.25, 0.3) is 0 Å². The molecule has 24 heavy (non-hydrogen) atoms. The minimum absolute atomic E-state index is 0.212. The maximum atomic E-state index is 6.35. The fourth-order valence-electron chi connectivity index (χ4n) is 3.38. The maximum Gasteiger partial charge on any atom is 0.0593 e. The van der Waals surface area contributed by atoms with Gasteiger partial charge in [-0.25, -0.2) is 0 Å².